The molecular weight excluding hydrogens is 226 g/mol. The first-order chi connectivity index (χ1) is 7.36. The molecule has 1 unspecified atom stereocenters. The standard InChI is InChI=1S/C12H16ClNO2/c1-8(2)12(3,11(15)16)7-9-4-5-14-10(13)6-9/h4-6,8H,7H2,1-3H3,(H,15,16). The number of pyridine rings is 1. The molecule has 0 radical (unpaired) electrons. The van der Waals surface area contributed by atoms with Gasteiger partial charge in [0.1, 0.15) is 5.15 Å². The highest BCUT2D eigenvalue weighted by Gasteiger charge is 2.36. The summed E-state index contributed by atoms with van der Waals surface area (Å²) in [5, 5.41) is 9.68. The second-order valence-corrected chi connectivity index (χ2v) is 4.93. The molecule has 0 aromatic carbocycles. The van der Waals surface area contributed by atoms with E-state index in [-0.39, 0.29) is 5.92 Å². The Labute approximate surface area is 100 Å². The number of aliphatic carboxylic acids is 1. The van der Waals surface area contributed by atoms with Crippen molar-refractivity contribution in [3.05, 3.63) is 29.0 Å². The van der Waals surface area contributed by atoms with Crippen molar-refractivity contribution in [1.29, 1.82) is 0 Å². The lowest BCUT2D eigenvalue weighted by Crippen LogP contribution is -2.35. The lowest BCUT2D eigenvalue weighted by Gasteiger charge is -2.29. The average molecular weight is 242 g/mol. The van der Waals surface area contributed by atoms with Crippen LogP contribution >= 0.6 is 11.6 Å². The van der Waals surface area contributed by atoms with E-state index >= 15 is 0 Å². The molecule has 0 saturated carbocycles. The molecule has 1 aromatic rings. The number of rotatable bonds is 4. The van der Waals surface area contributed by atoms with Gasteiger partial charge in [-0.05, 0) is 37.0 Å². The Balaban J connectivity index is 2.97. The molecule has 1 rings (SSSR count). The molecule has 1 N–H and O–H groups in total. The van der Waals surface area contributed by atoms with Gasteiger partial charge >= 0.3 is 5.97 Å². The van der Waals surface area contributed by atoms with Crippen molar-refractivity contribution >= 4 is 17.6 Å². The van der Waals surface area contributed by atoms with Crippen LogP contribution in [0.2, 0.25) is 5.15 Å². The highest BCUT2D eigenvalue weighted by Crippen LogP contribution is 2.31. The van der Waals surface area contributed by atoms with Gasteiger partial charge in [-0.1, -0.05) is 25.4 Å². The van der Waals surface area contributed by atoms with Gasteiger partial charge < -0.3 is 5.11 Å². The molecule has 16 heavy (non-hydrogen) atoms. The van der Waals surface area contributed by atoms with Gasteiger partial charge in [-0.15, -0.1) is 0 Å². The largest absolute Gasteiger partial charge is 0.481 e. The SMILES string of the molecule is CC(C)C(C)(Cc1ccnc(Cl)c1)C(=O)O. The minimum Gasteiger partial charge on any atom is -0.481 e. The molecular formula is C12H16ClNO2. The highest BCUT2D eigenvalue weighted by atomic mass is 35.5. The van der Waals surface area contributed by atoms with E-state index in [9.17, 15) is 9.90 Å². The first kappa shape index (κ1) is 13.0. The fraction of sp³-hybridized carbons (Fsp3) is 0.500. The zero-order valence-corrected chi connectivity index (χ0v) is 10.5. The van der Waals surface area contributed by atoms with Crippen molar-refractivity contribution in [2.24, 2.45) is 11.3 Å². The van der Waals surface area contributed by atoms with Crippen molar-refractivity contribution in [3.63, 3.8) is 0 Å². The maximum absolute atomic E-state index is 11.3. The van der Waals surface area contributed by atoms with E-state index in [0.717, 1.165) is 5.56 Å². The molecule has 1 aromatic heterocycles. The lowest BCUT2D eigenvalue weighted by atomic mass is 9.74. The van der Waals surface area contributed by atoms with Crippen molar-refractivity contribution < 1.29 is 9.90 Å². The first-order valence-corrected chi connectivity index (χ1v) is 5.58. The average Bonchev–Trinajstić information content (AvgIpc) is 2.16. The summed E-state index contributed by atoms with van der Waals surface area (Å²) < 4.78 is 0. The van der Waals surface area contributed by atoms with Crippen LogP contribution in [0.5, 0.6) is 0 Å². The Morgan fingerprint density at radius 1 is 1.62 bits per heavy atom. The van der Waals surface area contributed by atoms with E-state index in [0.29, 0.717) is 11.6 Å². The van der Waals surface area contributed by atoms with Gasteiger partial charge in [0.15, 0.2) is 0 Å². The minimum absolute atomic E-state index is 0.0527. The van der Waals surface area contributed by atoms with E-state index in [1.807, 2.05) is 13.8 Å². The summed E-state index contributed by atoms with van der Waals surface area (Å²) in [4.78, 5) is 15.2. The van der Waals surface area contributed by atoms with Crippen LogP contribution in [0, 0.1) is 11.3 Å². The maximum atomic E-state index is 11.3. The van der Waals surface area contributed by atoms with Crippen LogP contribution in [0.1, 0.15) is 26.3 Å². The number of hydrogen-bond donors (Lipinski definition) is 1. The number of aromatic nitrogens is 1. The van der Waals surface area contributed by atoms with Crippen molar-refractivity contribution in [1.82, 2.24) is 4.98 Å². The maximum Gasteiger partial charge on any atom is 0.309 e. The lowest BCUT2D eigenvalue weighted by molar-refractivity contribution is -0.150. The third-order valence-electron chi connectivity index (χ3n) is 3.13. The van der Waals surface area contributed by atoms with Crippen LogP contribution in [0.4, 0.5) is 0 Å². The van der Waals surface area contributed by atoms with E-state index in [2.05, 4.69) is 4.98 Å². The number of nitrogens with zero attached hydrogens (tertiary/aromatic N) is 1. The van der Waals surface area contributed by atoms with Gasteiger partial charge in [0.25, 0.3) is 0 Å². The Morgan fingerprint density at radius 3 is 2.69 bits per heavy atom. The van der Waals surface area contributed by atoms with Crippen molar-refractivity contribution in [2.75, 3.05) is 0 Å². The van der Waals surface area contributed by atoms with Gasteiger partial charge in [0, 0.05) is 6.20 Å². The second kappa shape index (κ2) is 4.83. The van der Waals surface area contributed by atoms with Gasteiger partial charge in [-0.25, -0.2) is 4.98 Å². The number of carboxylic acid groups (broad SMARTS) is 1. The minimum atomic E-state index is -0.782. The molecule has 0 aliphatic heterocycles. The highest BCUT2D eigenvalue weighted by molar-refractivity contribution is 6.29. The van der Waals surface area contributed by atoms with E-state index in [1.165, 1.54) is 0 Å². The zero-order chi connectivity index (χ0) is 12.3. The quantitative estimate of drug-likeness (QED) is 0.825. The first-order valence-electron chi connectivity index (χ1n) is 5.20. The molecule has 0 amide bonds. The predicted molar refractivity (Wildman–Crippen MR) is 63.5 cm³/mol. The van der Waals surface area contributed by atoms with Gasteiger partial charge in [0.2, 0.25) is 0 Å². The number of carboxylic acids is 1. The van der Waals surface area contributed by atoms with Crippen LogP contribution in [0.3, 0.4) is 0 Å². The molecule has 1 heterocycles. The van der Waals surface area contributed by atoms with E-state index in [4.69, 9.17) is 11.6 Å². The monoisotopic (exact) mass is 241 g/mol. The fourth-order valence-electron chi connectivity index (χ4n) is 1.50. The molecule has 0 aliphatic carbocycles. The van der Waals surface area contributed by atoms with Gasteiger partial charge in [-0.3, -0.25) is 4.79 Å². The summed E-state index contributed by atoms with van der Waals surface area (Å²) >= 11 is 5.77. The molecule has 0 bridgehead atoms. The summed E-state index contributed by atoms with van der Waals surface area (Å²) in [5.74, 6) is -0.729. The normalized spacial score (nSPS) is 14.8. The Kier molecular flexibility index (Phi) is 3.92. The third kappa shape index (κ3) is 2.73. The smallest absolute Gasteiger partial charge is 0.309 e. The summed E-state index contributed by atoms with van der Waals surface area (Å²) in [5.41, 5.74) is 0.128. The summed E-state index contributed by atoms with van der Waals surface area (Å²) in [6.07, 6.45) is 2.06. The second-order valence-electron chi connectivity index (χ2n) is 4.54. The van der Waals surface area contributed by atoms with Gasteiger partial charge in [0.05, 0.1) is 5.41 Å². The third-order valence-corrected chi connectivity index (χ3v) is 3.33. The van der Waals surface area contributed by atoms with Crippen molar-refractivity contribution in [2.45, 2.75) is 27.2 Å². The molecule has 0 aliphatic rings. The summed E-state index contributed by atoms with van der Waals surface area (Å²) in [6.45, 7) is 5.59. The van der Waals surface area contributed by atoms with Gasteiger partial charge in [-0.2, -0.15) is 0 Å². The van der Waals surface area contributed by atoms with E-state index in [1.54, 1.807) is 25.3 Å². The van der Waals surface area contributed by atoms with E-state index < -0.39 is 11.4 Å². The molecule has 88 valence electrons. The zero-order valence-electron chi connectivity index (χ0n) is 9.70. The van der Waals surface area contributed by atoms with Crippen LogP contribution in [-0.4, -0.2) is 16.1 Å². The molecule has 3 nitrogen and oxygen atoms in total. The Morgan fingerprint density at radius 2 is 2.25 bits per heavy atom. The van der Waals surface area contributed by atoms with Crippen LogP contribution < -0.4 is 0 Å². The predicted octanol–water partition coefficient (Wildman–Crippen LogP) is 3.02. The fourth-order valence-corrected chi connectivity index (χ4v) is 1.70. The number of hydrogen-bond acceptors (Lipinski definition) is 2. The Hall–Kier alpha value is -1.09. The van der Waals surface area contributed by atoms with Crippen LogP contribution in [-0.2, 0) is 11.2 Å². The Bertz CT molecular complexity index is 392. The molecule has 0 saturated heterocycles. The van der Waals surface area contributed by atoms with Crippen LogP contribution in [0.15, 0.2) is 18.3 Å². The molecule has 4 heteroatoms. The number of carbonyl (C=O) groups is 1. The van der Waals surface area contributed by atoms with Crippen LogP contribution in [0.25, 0.3) is 0 Å². The number of halogens is 1. The topological polar surface area (TPSA) is 50.2 Å². The summed E-state index contributed by atoms with van der Waals surface area (Å²) in [6, 6.07) is 3.51. The molecule has 0 fully saturated rings. The summed E-state index contributed by atoms with van der Waals surface area (Å²) in [7, 11) is 0. The van der Waals surface area contributed by atoms with Crippen molar-refractivity contribution in [3.8, 4) is 0 Å². The molecule has 0 spiro atoms. The molecule has 1 atom stereocenters.